The number of fused-ring (bicyclic) bond motifs is 1. The summed E-state index contributed by atoms with van der Waals surface area (Å²) in [5.41, 5.74) is 3.06. The van der Waals surface area contributed by atoms with Gasteiger partial charge in [-0.2, -0.15) is 5.10 Å². The molecule has 0 aliphatic carbocycles. The van der Waals surface area contributed by atoms with E-state index >= 15 is 0 Å². The Morgan fingerprint density at radius 2 is 1.80 bits per heavy atom. The molecule has 11 nitrogen and oxygen atoms in total. The zero-order valence-electron chi connectivity index (χ0n) is 23.1. The number of amides is 1. The van der Waals surface area contributed by atoms with Crippen LogP contribution >= 0.6 is 23.5 Å². The first-order valence-electron chi connectivity index (χ1n) is 12.9. The average Bonchev–Trinajstić information content (AvgIpc) is 3.38. The molecule has 1 unspecified atom stereocenters. The molecule has 1 saturated heterocycles. The van der Waals surface area contributed by atoms with Crippen molar-refractivity contribution in [1.29, 1.82) is 0 Å². The number of hydrogen-bond acceptors (Lipinski definition) is 9. The van der Waals surface area contributed by atoms with E-state index in [1.807, 2.05) is 45.3 Å². The molecule has 5 rings (SSSR count). The molecule has 4 aromatic rings. The van der Waals surface area contributed by atoms with Crippen LogP contribution in [0.15, 0.2) is 41.3 Å². The normalized spacial score (nSPS) is 14.4. The van der Waals surface area contributed by atoms with Crippen molar-refractivity contribution in [3.63, 3.8) is 0 Å². The SMILES string of the molecule is CSNC(=O)c1nc(Cl)ccc1NC(C)c1cc(C)cc2c(=O)n(C)c(N3CCN(c4ccn(C)n4)CC3)nc12. The van der Waals surface area contributed by atoms with Gasteiger partial charge in [-0.3, -0.25) is 23.6 Å². The van der Waals surface area contributed by atoms with Gasteiger partial charge in [-0.1, -0.05) is 29.6 Å². The minimum Gasteiger partial charge on any atom is -0.377 e. The molecule has 1 amide bonds. The lowest BCUT2D eigenvalue weighted by Gasteiger charge is -2.36. The van der Waals surface area contributed by atoms with Gasteiger partial charge in [0, 0.05) is 64.4 Å². The highest BCUT2D eigenvalue weighted by molar-refractivity contribution is 7.97. The van der Waals surface area contributed by atoms with Gasteiger partial charge in [0.1, 0.15) is 5.15 Å². The second kappa shape index (κ2) is 11.4. The van der Waals surface area contributed by atoms with Gasteiger partial charge in [0.2, 0.25) is 5.95 Å². The number of nitrogens with one attached hydrogen (secondary N) is 2. The van der Waals surface area contributed by atoms with E-state index in [9.17, 15) is 9.59 Å². The summed E-state index contributed by atoms with van der Waals surface area (Å²) in [7, 11) is 3.68. The van der Waals surface area contributed by atoms with E-state index in [1.54, 1.807) is 34.7 Å². The number of rotatable bonds is 7. The molecule has 1 aliphatic heterocycles. The van der Waals surface area contributed by atoms with E-state index in [0.717, 1.165) is 30.0 Å². The van der Waals surface area contributed by atoms with Gasteiger partial charge in [-0.05, 0) is 37.6 Å². The molecule has 1 aliphatic rings. The highest BCUT2D eigenvalue weighted by atomic mass is 35.5. The van der Waals surface area contributed by atoms with Crippen LogP contribution in [0, 0.1) is 6.92 Å². The van der Waals surface area contributed by atoms with Crippen molar-refractivity contribution in [3.05, 3.63) is 68.9 Å². The van der Waals surface area contributed by atoms with E-state index < -0.39 is 0 Å². The fourth-order valence-corrected chi connectivity index (χ4v) is 5.47. The van der Waals surface area contributed by atoms with Crippen LogP contribution in [0.3, 0.4) is 0 Å². The molecule has 0 bridgehead atoms. The van der Waals surface area contributed by atoms with Gasteiger partial charge in [-0.15, -0.1) is 0 Å². The van der Waals surface area contributed by atoms with Gasteiger partial charge in [0.25, 0.3) is 11.5 Å². The number of benzene rings is 1. The predicted molar refractivity (Wildman–Crippen MR) is 162 cm³/mol. The Labute approximate surface area is 241 Å². The molecule has 40 heavy (non-hydrogen) atoms. The molecule has 3 aromatic heterocycles. The van der Waals surface area contributed by atoms with Gasteiger partial charge in [0.15, 0.2) is 11.5 Å². The average molecular weight is 582 g/mol. The smallest absolute Gasteiger partial charge is 0.281 e. The zero-order valence-corrected chi connectivity index (χ0v) is 24.7. The molecule has 1 fully saturated rings. The quantitative estimate of drug-likeness (QED) is 0.250. The van der Waals surface area contributed by atoms with E-state index in [4.69, 9.17) is 16.6 Å². The van der Waals surface area contributed by atoms with Crippen LogP contribution in [0.5, 0.6) is 0 Å². The number of nitrogens with zero attached hydrogens (tertiary/aromatic N) is 7. The Bertz CT molecular complexity index is 1630. The summed E-state index contributed by atoms with van der Waals surface area (Å²) >= 11 is 7.28. The lowest BCUT2D eigenvalue weighted by atomic mass is 10.0. The molecule has 13 heteroatoms. The maximum atomic E-state index is 13.6. The Hall–Kier alpha value is -3.77. The van der Waals surface area contributed by atoms with Gasteiger partial charge in [-0.25, -0.2) is 9.97 Å². The van der Waals surface area contributed by atoms with Gasteiger partial charge >= 0.3 is 0 Å². The monoisotopic (exact) mass is 581 g/mol. The van der Waals surface area contributed by atoms with Crippen LogP contribution in [-0.2, 0) is 14.1 Å². The molecular weight excluding hydrogens is 550 g/mol. The van der Waals surface area contributed by atoms with Crippen LogP contribution in [0.4, 0.5) is 17.5 Å². The summed E-state index contributed by atoms with van der Waals surface area (Å²) in [6.45, 7) is 6.90. The Morgan fingerprint density at radius 3 is 2.48 bits per heavy atom. The molecule has 0 spiro atoms. The number of pyridine rings is 1. The van der Waals surface area contributed by atoms with E-state index in [2.05, 4.69) is 29.9 Å². The fraction of sp³-hybridized carbons (Fsp3) is 0.370. The Kier molecular flexibility index (Phi) is 7.90. The van der Waals surface area contributed by atoms with Crippen LogP contribution in [0.1, 0.15) is 34.6 Å². The number of anilines is 3. The number of halogens is 1. The molecule has 1 atom stereocenters. The van der Waals surface area contributed by atoms with Crippen LogP contribution < -0.4 is 25.4 Å². The maximum absolute atomic E-state index is 13.6. The van der Waals surface area contributed by atoms with E-state index in [1.165, 1.54) is 11.9 Å². The minimum absolute atomic E-state index is 0.0995. The highest BCUT2D eigenvalue weighted by Gasteiger charge is 2.24. The molecule has 0 saturated carbocycles. The van der Waals surface area contributed by atoms with Crippen molar-refractivity contribution in [2.75, 3.05) is 47.6 Å². The third-order valence-electron chi connectivity index (χ3n) is 7.03. The third kappa shape index (κ3) is 5.46. The Morgan fingerprint density at radius 1 is 1.07 bits per heavy atom. The fourth-order valence-electron chi connectivity index (χ4n) is 5.04. The first kappa shape index (κ1) is 27.8. The zero-order chi connectivity index (χ0) is 28.6. The number of aryl methyl sites for hydroxylation is 2. The number of aromatic nitrogens is 5. The first-order valence-corrected chi connectivity index (χ1v) is 14.5. The molecular formula is C27H32ClN9O2S. The minimum atomic E-state index is -0.349. The lowest BCUT2D eigenvalue weighted by Crippen LogP contribution is -2.48. The summed E-state index contributed by atoms with van der Waals surface area (Å²) < 4.78 is 6.13. The summed E-state index contributed by atoms with van der Waals surface area (Å²) in [4.78, 5) is 39.9. The van der Waals surface area contributed by atoms with E-state index in [0.29, 0.717) is 35.6 Å². The van der Waals surface area contributed by atoms with Crippen LogP contribution in [0.2, 0.25) is 5.15 Å². The van der Waals surface area contributed by atoms with Gasteiger partial charge in [0.05, 0.1) is 22.6 Å². The standard InChI is InChI=1S/C27H32ClN9O2S/c1-16-14-18(17(2)29-20-6-7-21(28)30-24(20)25(38)33-40-5)23-19(15-16)26(39)35(4)27(31-23)37-12-10-36(11-13-37)22-8-9-34(3)32-22/h6-9,14-15,17,29H,10-13H2,1-5H3,(H,33,38). The number of carbonyl (C=O) groups is 1. The molecule has 210 valence electrons. The van der Waals surface area contributed by atoms with Crippen molar-refractivity contribution in [1.82, 2.24) is 29.0 Å². The van der Waals surface area contributed by atoms with Crippen molar-refractivity contribution < 1.29 is 4.79 Å². The number of carbonyl (C=O) groups excluding carboxylic acids is 1. The number of hydrogen-bond donors (Lipinski definition) is 2. The Balaban J connectivity index is 1.49. The van der Waals surface area contributed by atoms with Crippen molar-refractivity contribution >= 4 is 57.8 Å². The molecule has 4 heterocycles. The van der Waals surface area contributed by atoms with Gasteiger partial charge < -0.3 is 15.1 Å². The second-order valence-corrected chi connectivity index (χ2v) is 10.9. The summed E-state index contributed by atoms with van der Waals surface area (Å²) in [6.07, 6.45) is 3.70. The summed E-state index contributed by atoms with van der Waals surface area (Å²) in [5.74, 6) is 1.23. The molecule has 1 aromatic carbocycles. The van der Waals surface area contributed by atoms with Crippen LogP contribution in [-0.4, -0.2) is 62.7 Å². The first-order chi connectivity index (χ1) is 19.2. The third-order valence-corrected chi connectivity index (χ3v) is 7.63. The topological polar surface area (TPSA) is 113 Å². The maximum Gasteiger partial charge on any atom is 0.281 e. The lowest BCUT2D eigenvalue weighted by molar-refractivity contribution is 0.0980. The molecule has 0 radical (unpaired) electrons. The molecule has 2 N–H and O–H groups in total. The largest absolute Gasteiger partial charge is 0.377 e. The van der Waals surface area contributed by atoms with Crippen molar-refractivity contribution in [2.45, 2.75) is 19.9 Å². The predicted octanol–water partition coefficient (Wildman–Crippen LogP) is 3.53. The number of piperazine rings is 1. The van der Waals surface area contributed by atoms with E-state index in [-0.39, 0.29) is 28.4 Å². The summed E-state index contributed by atoms with van der Waals surface area (Å²) in [6, 6.07) is 9.00. The highest BCUT2D eigenvalue weighted by Crippen LogP contribution is 2.29. The van der Waals surface area contributed by atoms with Crippen molar-refractivity contribution in [2.24, 2.45) is 14.1 Å². The summed E-state index contributed by atoms with van der Waals surface area (Å²) in [5, 5.41) is 8.70. The van der Waals surface area contributed by atoms with Crippen molar-refractivity contribution in [3.8, 4) is 0 Å². The second-order valence-electron chi connectivity index (χ2n) is 9.88. The van der Waals surface area contributed by atoms with Crippen LogP contribution in [0.25, 0.3) is 10.9 Å².